The number of nitrogens with zero attached hydrogens (tertiary/aromatic N) is 1. The zero-order valence-corrected chi connectivity index (χ0v) is 13.5. The SMILES string of the molecule is Cc1ccc(Sc2ccc(CN3CCC(O)(CO)C3)o2)cc1. The number of hydrogen-bond acceptors (Lipinski definition) is 5. The van der Waals surface area contributed by atoms with E-state index >= 15 is 0 Å². The van der Waals surface area contributed by atoms with Crippen LogP contribution in [0.2, 0.25) is 0 Å². The molecule has 1 aromatic carbocycles. The molecular weight excluding hydrogens is 298 g/mol. The number of aliphatic hydroxyl groups is 2. The largest absolute Gasteiger partial charge is 0.453 e. The van der Waals surface area contributed by atoms with Gasteiger partial charge in [-0.15, -0.1) is 0 Å². The summed E-state index contributed by atoms with van der Waals surface area (Å²) in [6, 6.07) is 12.3. The van der Waals surface area contributed by atoms with E-state index in [1.165, 1.54) is 5.56 Å². The Morgan fingerprint density at radius 2 is 2.00 bits per heavy atom. The molecule has 2 aromatic rings. The van der Waals surface area contributed by atoms with Crippen LogP contribution >= 0.6 is 11.8 Å². The Morgan fingerprint density at radius 3 is 2.68 bits per heavy atom. The second-order valence-electron chi connectivity index (χ2n) is 5.98. The quantitative estimate of drug-likeness (QED) is 0.887. The van der Waals surface area contributed by atoms with E-state index in [4.69, 9.17) is 4.42 Å². The maximum Gasteiger partial charge on any atom is 0.165 e. The normalized spacial score (nSPS) is 22.3. The van der Waals surface area contributed by atoms with Crippen LogP contribution in [0.1, 0.15) is 17.7 Å². The van der Waals surface area contributed by atoms with Crippen molar-refractivity contribution in [3.05, 3.63) is 47.7 Å². The molecule has 1 unspecified atom stereocenters. The molecule has 2 N–H and O–H groups in total. The smallest absolute Gasteiger partial charge is 0.165 e. The van der Waals surface area contributed by atoms with Crippen molar-refractivity contribution in [1.29, 1.82) is 0 Å². The van der Waals surface area contributed by atoms with E-state index in [-0.39, 0.29) is 6.61 Å². The lowest BCUT2D eigenvalue weighted by Crippen LogP contribution is -2.36. The Hall–Kier alpha value is -1.27. The molecule has 0 saturated carbocycles. The second-order valence-corrected chi connectivity index (χ2v) is 7.06. The first-order valence-electron chi connectivity index (χ1n) is 7.45. The molecule has 1 atom stereocenters. The lowest BCUT2D eigenvalue weighted by molar-refractivity contribution is -0.00623. The van der Waals surface area contributed by atoms with Crippen molar-refractivity contribution < 1.29 is 14.6 Å². The van der Waals surface area contributed by atoms with Crippen LogP contribution in [0.4, 0.5) is 0 Å². The van der Waals surface area contributed by atoms with Gasteiger partial charge in [0, 0.05) is 18.0 Å². The summed E-state index contributed by atoms with van der Waals surface area (Å²) in [5.41, 5.74) is 0.293. The molecule has 1 fully saturated rings. The van der Waals surface area contributed by atoms with Crippen molar-refractivity contribution in [3.63, 3.8) is 0 Å². The van der Waals surface area contributed by atoms with Gasteiger partial charge in [0.1, 0.15) is 11.4 Å². The molecule has 0 spiro atoms. The first-order valence-corrected chi connectivity index (χ1v) is 8.27. The number of β-amino-alcohol motifs (C(OH)–C–C–N with tert-alkyl or cyclic N) is 1. The maximum atomic E-state index is 10.0. The van der Waals surface area contributed by atoms with Crippen LogP contribution in [0.25, 0.3) is 0 Å². The molecule has 0 bridgehead atoms. The molecular formula is C17H21NO3S. The fourth-order valence-corrected chi connectivity index (χ4v) is 3.43. The highest BCUT2D eigenvalue weighted by Crippen LogP contribution is 2.30. The van der Waals surface area contributed by atoms with E-state index in [9.17, 15) is 10.2 Å². The van der Waals surface area contributed by atoms with Gasteiger partial charge in [-0.3, -0.25) is 4.90 Å². The number of furan rings is 1. The van der Waals surface area contributed by atoms with Crippen molar-refractivity contribution in [2.75, 3.05) is 19.7 Å². The second kappa shape index (κ2) is 6.46. The number of rotatable bonds is 5. The minimum Gasteiger partial charge on any atom is -0.453 e. The minimum atomic E-state index is -0.952. The molecule has 22 heavy (non-hydrogen) atoms. The standard InChI is InChI=1S/C17H21NO3S/c1-13-2-5-15(6-3-13)22-16-7-4-14(21-16)10-18-9-8-17(20,11-18)12-19/h2-7,19-20H,8-12H2,1H3. The van der Waals surface area contributed by atoms with Crippen LogP contribution < -0.4 is 0 Å². The van der Waals surface area contributed by atoms with Gasteiger partial charge in [0.05, 0.1) is 13.2 Å². The van der Waals surface area contributed by atoms with Crippen LogP contribution in [-0.4, -0.2) is 40.4 Å². The van der Waals surface area contributed by atoms with E-state index in [0.717, 1.165) is 22.3 Å². The average molecular weight is 319 g/mol. The molecule has 5 heteroatoms. The number of hydrogen-bond donors (Lipinski definition) is 2. The van der Waals surface area contributed by atoms with Gasteiger partial charge in [0.2, 0.25) is 0 Å². The van der Waals surface area contributed by atoms with E-state index in [2.05, 4.69) is 36.1 Å². The zero-order valence-electron chi connectivity index (χ0n) is 12.7. The highest BCUT2D eigenvalue weighted by molar-refractivity contribution is 7.99. The summed E-state index contributed by atoms with van der Waals surface area (Å²) in [4.78, 5) is 3.26. The monoisotopic (exact) mass is 319 g/mol. The fraction of sp³-hybridized carbons (Fsp3) is 0.412. The van der Waals surface area contributed by atoms with Crippen LogP contribution in [0.15, 0.2) is 50.8 Å². The summed E-state index contributed by atoms with van der Waals surface area (Å²) >= 11 is 1.60. The predicted octanol–water partition coefficient (Wildman–Crippen LogP) is 2.67. The third kappa shape index (κ3) is 3.73. The first-order chi connectivity index (χ1) is 10.6. The van der Waals surface area contributed by atoms with E-state index < -0.39 is 5.60 Å². The molecule has 4 nitrogen and oxygen atoms in total. The van der Waals surface area contributed by atoms with Crippen molar-refractivity contribution in [2.24, 2.45) is 0 Å². The van der Waals surface area contributed by atoms with Gasteiger partial charge in [-0.2, -0.15) is 0 Å². The summed E-state index contributed by atoms with van der Waals surface area (Å²) in [7, 11) is 0. The Kier molecular flexibility index (Phi) is 4.59. The molecule has 2 heterocycles. The highest BCUT2D eigenvalue weighted by Gasteiger charge is 2.35. The minimum absolute atomic E-state index is 0.184. The Bertz CT molecular complexity index is 625. The summed E-state index contributed by atoms with van der Waals surface area (Å²) in [5, 5.41) is 20.1. The molecule has 3 rings (SSSR count). The van der Waals surface area contributed by atoms with Gasteiger partial charge in [-0.05, 0) is 37.6 Å². The number of likely N-dealkylation sites (tertiary alicyclic amines) is 1. The summed E-state index contributed by atoms with van der Waals surface area (Å²) in [6.45, 7) is 3.82. The Labute approximate surface area is 134 Å². The molecule has 0 radical (unpaired) electrons. The van der Waals surface area contributed by atoms with Crippen molar-refractivity contribution in [2.45, 2.75) is 35.5 Å². The van der Waals surface area contributed by atoms with E-state index in [0.29, 0.717) is 19.5 Å². The lowest BCUT2D eigenvalue weighted by Gasteiger charge is -2.20. The van der Waals surface area contributed by atoms with Gasteiger partial charge in [0.15, 0.2) is 5.09 Å². The van der Waals surface area contributed by atoms with Crippen LogP contribution in [-0.2, 0) is 6.54 Å². The summed E-state index contributed by atoms with van der Waals surface area (Å²) < 4.78 is 5.86. The maximum absolute atomic E-state index is 10.0. The van der Waals surface area contributed by atoms with Crippen LogP contribution in [0.3, 0.4) is 0 Å². The Balaban J connectivity index is 1.59. The van der Waals surface area contributed by atoms with Gasteiger partial charge in [-0.1, -0.05) is 29.5 Å². The van der Waals surface area contributed by atoms with E-state index in [1.54, 1.807) is 11.8 Å². The molecule has 1 saturated heterocycles. The molecule has 1 aliphatic heterocycles. The van der Waals surface area contributed by atoms with Crippen molar-refractivity contribution >= 4 is 11.8 Å². The summed E-state index contributed by atoms with van der Waals surface area (Å²) in [5.74, 6) is 0.886. The van der Waals surface area contributed by atoms with Crippen LogP contribution in [0.5, 0.6) is 0 Å². The number of aliphatic hydroxyl groups excluding tert-OH is 1. The number of benzene rings is 1. The third-order valence-corrected chi connectivity index (χ3v) is 4.89. The topological polar surface area (TPSA) is 56.8 Å². The van der Waals surface area contributed by atoms with E-state index in [1.807, 2.05) is 12.1 Å². The Morgan fingerprint density at radius 1 is 1.23 bits per heavy atom. The third-order valence-electron chi connectivity index (χ3n) is 3.96. The highest BCUT2D eigenvalue weighted by atomic mass is 32.2. The van der Waals surface area contributed by atoms with Gasteiger partial charge >= 0.3 is 0 Å². The molecule has 1 aliphatic rings. The predicted molar refractivity (Wildman–Crippen MR) is 85.9 cm³/mol. The van der Waals surface area contributed by atoms with Gasteiger partial charge < -0.3 is 14.6 Å². The first kappa shape index (κ1) is 15.6. The average Bonchev–Trinajstić information content (AvgIpc) is 3.10. The van der Waals surface area contributed by atoms with Crippen molar-refractivity contribution in [1.82, 2.24) is 4.90 Å². The molecule has 0 amide bonds. The molecule has 118 valence electrons. The summed E-state index contributed by atoms with van der Waals surface area (Å²) in [6.07, 6.45) is 0.606. The van der Waals surface area contributed by atoms with Crippen LogP contribution in [0, 0.1) is 6.92 Å². The molecule has 0 aliphatic carbocycles. The zero-order chi connectivity index (χ0) is 15.6. The molecule has 1 aromatic heterocycles. The van der Waals surface area contributed by atoms with Gasteiger partial charge in [0.25, 0.3) is 0 Å². The lowest BCUT2D eigenvalue weighted by atomic mass is 10.1. The van der Waals surface area contributed by atoms with Gasteiger partial charge in [-0.25, -0.2) is 0 Å². The number of aryl methyl sites for hydroxylation is 1. The fourth-order valence-electron chi connectivity index (χ4n) is 2.65. The van der Waals surface area contributed by atoms with Crippen molar-refractivity contribution in [3.8, 4) is 0 Å².